The summed E-state index contributed by atoms with van der Waals surface area (Å²) >= 11 is 0. The van der Waals surface area contributed by atoms with Gasteiger partial charge in [0.05, 0.1) is 24.8 Å². The number of hydrogen-bond acceptors (Lipinski definition) is 6. The lowest BCUT2D eigenvalue weighted by Crippen LogP contribution is -2.34. The first kappa shape index (κ1) is 24.2. The fraction of sp³-hybridized carbons (Fsp3) is 0.111. The number of carbonyl (C=O) groups excluding carboxylic acids is 4. The second kappa shape index (κ2) is 10.6. The molecule has 1 aromatic heterocycles. The van der Waals surface area contributed by atoms with Gasteiger partial charge in [0.2, 0.25) is 0 Å². The van der Waals surface area contributed by atoms with E-state index in [1.807, 2.05) is 6.07 Å². The zero-order valence-corrected chi connectivity index (χ0v) is 19.6. The predicted molar refractivity (Wildman–Crippen MR) is 132 cm³/mol. The third-order valence-corrected chi connectivity index (χ3v) is 5.43. The molecule has 2 N–H and O–H groups in total. The number of rotatable bonds is 6. The molecule has 0 saturated carbocycles. The minimum Gasteiger partial charge on any atom is -0.465 e. The molecule has 0 spiro atoms. The number of esters is 1. The Balaban J connectivity index is 1.49. The molecule has 0 atom stereocenters. The molecule has 2 heterocycles. The molecule has 36 heavy (non-hydrogen) atoms. The number of amides is 3. The van der Waals surface area contributed by atoms with Gasteiger partial charge in [0.1, 0.15) is 11.5 Å². The maximum atomic E-state index is 13.3. The average molecular weight is 485 g/mol. The number of para-hydroxylation sites is 2. The molecule has 0 radical (unpaired) electrons. The Morgan fingerprint density at radius 1 is 0.944 bits per heavy atom. The number of ether oxygens (including phenoxy) is 1. The Labute approximate surface area is 207 Å². The topological polar surface area (TPSA) is 118 Å². The van der Waals surface area contributed by atoms with E-state index < -0.39 is 23.7 Å². The highest BCUT2D eigenvalue weighted by Gasteiger charge is 2.38. The molecule has 0 bridgehead atoms. The van der Waals surface area contributed by atoms with E-state index in [0.717, 1.165) is 0 Å². The van der Waals surface area contributed by atoms with Gasteiger partial charge in [-0.1, -0.05) is 36.4 Å². The number of nitrogens with zero attached hydrogens (tertiary/aromatic N) is 1. The van der Waals surface area contributed by atoms with Crippen molar-refractivity contribution in [1.82, 2.24) is 5.32 Å². The van der Waals surface area contributed by atoms with Gasteiger partial charge in [0, 0.05) is 17.1 Å². The molecule has 4 rings (SSSR count). The lowest BCUT2D eigenvalue weighted by atomic mass is 10.1. The fourth-order valence-corrected chi connectivity index (χ4v) is 3.73. The third-order valence-electron chi connectivity index (χ3n) is 5.43. The van der Waals surface area contributed by atoms with Crippen molar-refractivity contribution in [2.24, 2.45) is 0 Å². The van der Waals surface area contributed by atoms with Gasteiger partial charge in [-0.05, 0) is 49.4 Å². The number of carbonyl (C=O) groups is 4. The van der Waals surface area contributed by atoms with Crippen molar-refractivity contribution in [3.63, 3.8) is 0 Å². The molecule has 3 aromatic rings. The molecule has 9 nitrogen and oxygen atoms in total. The van der Waals surface area contributed by atoms with Crippen LogP contribution < -0.4 is 15.5 Å². The van der Waals surface area contributed by atoms with E-state index >= 15 is 0 Å². The Morgan fingerprint density at radius 3 is 2.28 bits per heavy atom. The van der Waals surface area contributed by atoms with Gasteiger partial charge in [0.15, 0.2) is 0 Å². The molecular formula is C27H23N3O6. The van der Waals surface area contributed by atoms with Crippen LogP contribution in [-0.4, -0.2) is 30.8 Å². The minimum atomic E-state index is -0.828. The normalized spacial score (nSPS) is 14.2. The molecule has 9 heteroatoms. The summed E-state index contributed by atoms with van der Waals surface area (Å²) in [5.74, 6) is -2.03. The molecule has 0 fully saturated rings. The van der Waals surface area contributed by atoms with Gasteiger partial charge < -0.3 is 19.8 Å². The van der Waals surface area contributed by atoms with E-state index in [1.54, 1.807) is 73.7 Å². The van der Waals surface area contributed by atoms with Crippen molar-refractivity contribution in [2.75, 3.05) is 17.3 Å². The highest BCUT2D eigenvalue weighted by molar-refractivity contribution is 6.39. The lowest BCUT2D eigenvalue weighted by Gasteiger charge is -2.17. The van der Waals surface area contributed by atoms with Crippen LogP contribution in [0.4, 0.5) is 11.4 Å². The van der Waals surface area contributed by atoms with Crippen LogP contribution in [0.3, 0.4) is 0 Å². The first-order valence-electron chi connectivity index (χ1n) is 11.0. The summed E-state index contributed by atoms with van der Waals surface area (Å²) in [7, 11) is 1.25. The number of benzene rings is 2. The number of allylic oxidation sites excluding steroid dienone is 1. The maximum absolute atomic E-state index is 13.3. The van der Waals surface area contributed by atoms with Crippen LogP contribution in [0.5, 0.6) is 0 Å². The summed E-state index contributed by atoms with van der Waals surface area (Å²) in [6.45, 7) is 1.62. The summed E-state index contributed by atoms with van der Waals surface area (Å²) in [6, 6.07) is 20.8. The quantitative estimate of drug-likeness (QED) is 0.314. The average Bonchev–Trinajstić information content (AvgIpc) is 3.44. The first-order valence-corrected chi connectivity index (χ1v) is 11.0. The van der Waals surface area contributed by atoms with Crippen molar-refractivity contribution in [3.8, 4) is 0 Å². The second-order valence-electron chi connectivity index (χ2n) is 7.79. The van der Waals surface area contributed by atoms with Crippen molar-refractivity contribution in [1.29, 1.82) is 0 Å². The number of methoxy groups -OCH3 is 1. The highest BCUT2D eigenvalue weighted by Crippen LogP contribution is 2.35. The summed E-state index contributed by atoms with van der Waals surface area (Å²) in [6.07, 6.45) is 1.45. The van der Waals surface area contributed by atoms with Gasteiger partial charge >= 0.3 is 17.8 Å². The summed E-state index contributed by atoms with van der Waals surface area (Å²) < 4.78 is 10.6. The molecule has 0 saturated heterocycles. The SMILES string of the molecule is COC(=O)C1=C(C)N(c2ccccc2)C(=O)/C1=C/c1ccc(CNC(=O)C(=O)Nc2ccccc2)o1. The maximum Gasteiger partial charge on any atom is 0.340 e. The minimum absolute atomic E-state index is 0.0486. The zero-order chi connectivity index (χ0) is 25.7. The van der Waals surface area contributed by atoms with Gasteiger partial charge in [-0.3, -0.25) is 19.3 Å². The van der Waals surface area contributed by atoms with Crippen molar-refractivity contribution < 1.29 is 28.3 Å². The summed E-state index contributed by atoms with van der Waals surface area (Å²) in [4.78, 5) is 51.4. The monoisotopic (exact) mass is 485 g/mol. The number of hydrogen-bond donors (Lipinski definition) is 2. The molecule has 1 aliphatic heterocycles. The van der Waals surface area contributed by atoms with Crippen molar-refractivity contribution in [2.45, 2.75) is 13.5 Å². The van der Waals surface area contributed by atoms with Crippen LogP contribution in [0.15, 0.2) is 94.1 Å². The van der Waals surface area contributed by atoms with Gasteiger partial charge in [-0.15, -0.1) is 0 Å². The number of nitrogens with one attached hydrogen (secondary N) is 2. The van der Waals surface area contributed by atoms with E-state index in [0.29, 0.717) is 28.6 Å². The van der Waals surface area contributed by atoms with E-state index in [2.05, 4.69) is 10.6 Å². The van der Waals surface area contributed by atoms with Crippen LogP contribution in [0, 0.1) is 0 Å². The van der Waals surface area contributed by atoms with Gasteiger partial charge in [0.25, 0.3) is 5.91 Å². The number of furan rings is 1. The number of anilines is 2. The molecule has 0 aliphatic carbocycles. The fourth-order valence-electron chi connectivity index (χ4n) is 3.73. The van der Waals surface area contributed by atoms with Crippen LogP contribution in [0.1, 0.15) is 18.4 Å². The largest absolute Gasteiger partial charge is 0.465 e. The van der Waals surface area contributed by atoms with Gasteiger partial charge in [-0.25, -0.2) is 4.79 Å². The molecule has 1 aliphatic rings. The van der Waals surface area contributed by atoms with Crippen molar-refractivity contribution >= 4 is 41.1 Å². The third kappa shape index (κ3) is 5.10. The molecule has 3 amide bonds. The van der Waals surface area contributed by atoms with Crippen LogP contribution in [0.25, 0.3) is 6.08 Å². The molecule has 0 unspecified atom stereocenters. The van der Waals surface area contributed by atoms with Gasteiger partial charge in [-0.2, -0.15) is 0 Å². The zero-order valence-electron chi connectivity index (χ0n) is 19.6. The van der Waals surface area contributed by atoms with E-state index in [-0.39, 0.29) is 17.7 Å². The Kier molecular flexibility index (Phi) is 7.10. The summed E-state index contributed by atoms with van der Waals surface area (Å²) in [5, 5.41) is 4.98. The van der Waals surface area contributed by atoms with Crippen LogP contribution in [-0.2, 0) is 30.5 Å². The van der Waals surface area contributed by atoms with Crippen LogP contribution in [0.2, 0.25) is 0 Å². The smallest absolute Gasteiger partial charge is 0.340 e. The standard InChI is InChI=1S/C27H23N3O6/c1-17-23(27(34)35-2)22(26(33)30(17)19-11-7-4-8-12-19)15-20-13-14-21(36-20)16-28-24(31)25(32)29-18-9-5-3-6-10-18/h3-15H,16H2,1-2H3,(H,28,31)(H,29,32)/b22-15+. The van der Waals surface area contributed by atoms with E-state index in [1.165, 1.54) is 18.1 Å². The van der Waals surface area contributed by atoms with E-state index in [9.17, 15) is 19.2 Å². The molecule has 182 valence electrons. The molecule has 2 aromatic carbocycles. The van der Waals surface area contributed by atoms with E-state index in [4.69, 9.17) is 9.15 Å². The second-order valence-corrected chi connectivity index (χ2v) is 7.79. The Morgan fingerprint density at radius 2 is 1.61 bits per heavy atom. The lowest BCUT2D eigenvalue weighted by molar-refractivity contribution is -0.136. The Bertz CT molecular complexity index is 1370. The van der Waals surface area contributed by atoms with Crippen molar-refractivity contribution in [3.05, 3.63) is 101 Å². The summed E-state index contributed by atoms with van der Waals surface area (Å²) in [5.41, 5.74) is 1.81. The predicted octanol–water partition coefficient (Wildman–Crippen LogP) is 3.41. The highest BCUT2D eigenvalue weighted by atomic mass is 16.5. The first-order chi connectivity index (χ1) is 17.4. The van der Waals surface area contributed by atoms with Crippen LogP contribution >= 0.6 is 0 Å². The Hall–Kier alpha value is -4.92. The molecular weight excluding hydrogens is 462 g/mol.